The summed E-state index contributed by atoms with van der Waals surface area (Å²) < 4.78 is 13.0. The lowest BCUT2D eigenvalue weighted by molar-refractivity contribution is 0.413. The largest absolute Gasteiger partial charge is 0.497 e. The van der Waals surface area contributed by atoms with Crippen LogP contribution in [0.5, 0.6) is 11.5 Å². The minimum absolute atomic E-state index is 0.374. The highest BCUT2D eigenvalue weighted by Gasteiger charge is 2.14. The van der Waals surface area contributed by atoms with Gasteiger partial charge in [0, 0.05) is 37.2 Å². The van der Waals surface area contributed by atoms with Gasteiger partial charge in [-0.3, -0.25) is 9.97 Å². The van der Waals surface area contributed by atoms with Crippen LogP contribution in [0.15, 0.2) is 60.9 Å². The Kier molecular flexibility index (Phi) is 8.11. The van der Waals surface area contributed by atoms with E-state index in [-0.39, 0.29) is 0 Å². The molecule has 0 aliphatic carbocycles. The zero-order valence-electron chi connectivity index (χ0n) is 18.0. The molecular weight excluding hydrogens is 394 g/mol. The van der Waals surface area contributed by atoms with Crippen molar-refractivity contribution in [1.82, 2.24) is 14.3 Å². The summed E-state index contributed by atoms with van der Waals surface area (Å²) in [4.78, 5) is 8.88. The van der Waals surface area contributed by atoms with Gasteiger partial charge in [-0.25, -0.2) is 4.31 Å². The zero-order valence-corrected chi connectivity index (χ0v) is 18.9. The van der Waals surface area contributed by atoms with Crippen molar-refractivity contribution in [2.45, 2.75) is 38.6 Å². The Bertz CT molecular complexity index is 850. The summed E-state index contributed by atoms with van der Waals surface area (Å²) in [5.74, 6) is 1.75. The van der Waals surface area contributed by atoms with Crippen molar-refractivity contribution in [3.05, 3.63) is 83.4 Å². The van der Waals surface area contributed by atoms with E-state index in [0.29, 0.717) is 5.25 Å². The van der Waals surface area contributed by atoms with Gasteiger partial charge in [0.25, 0.3) is 0 Å². The van der Waals surface area contributed by atoms with Crippen LogP contribution in [0.2, 0.25) is 0 Å². The van der Waals surface area contributed by atoms with E-state index in [1.807, 2.05) is 55.5 Å². The van der Waals surface area contributed by atoms with Gasteiger partial charge in [-0.1, -0.05) is 43.1 Å². The normalized spacial score (nSPS) is 12.0. The van der Waals surface area contributed by atoms with Gasteiger partial charge in [0.05, 0.1) is 25.6 Å². The highest BCUT2D eigenvalue weighted by atomic mass is 32.2. The van der Waals surface area contributed by atoms with Crippen LogP contribution in [0, 0.1) is 6.92 Å². The lowest BCUT2D eigenvalue weighted by Crippen LogP contribution is -2.20. The predicted molar refractivity (Wildman–Crippen MR) is 123 cm³/mol. The second kappa shape index (κ2) is 11.0. The Morgan fingerprint density at radius 1 is 0.833 bits per heavy atom. The molecule has 0 saturated heterocycles. The SMILES string of the molecule is COc1ccc(CN(Cc2ccc(OC)cc2)SC(C)Cc2cnc(C)cn2)cc1. The first-order chi connectivity index (χ1) is 14.6. The first-order valence-electron chi connectivity index (χ1n) is 10.0. The van der Waals surface area contributed by atoms with Crippen molar-refractivity contribution >= 4 is 11.9 Å². The number of aryl methyl sites for hydroxylation is 1. The third kappa shape index (κ3) is 6.75. The van der Waals surface area contributed by atoms with Crippen LogP contribution in [0.1, 0.15) is 29.4 Å². The molecule has 5 nitrogen and oxygen atoms in total. The summed E-state index contributed by atoms with van der Waals surface area (Å²) in [6, 6.07) is 16.5. The van der Waals surface area contributed by atoms with E-state index in [9.17, 15) is 0 Å². The molecule has 0 N–H and O–H groups in total. The molecule has 0 saturated carbocycles. The third-order valence-electron chi connectivity index (χ3n) is 4.70. The van der Waals surface area contributed by atoms with Crippen molar-refractivity contribution in [2.24, 2.45) is 0 Å². The van der Waals surface area contributed by atoms with Gasteiger partial charge in [-0.05, 0) is 42.3 Å². The third-order valence-corrected chi connectivity index (χ3v) is 5.78. The molecule has 2 aromatic carbocycles. The first-order valence-corrected chi connectivity index (χ1v) is 10.8. The Morgan fingerprint density at radius 2 is 1.37 bits per heavy atom. The van der Waals surface area contributed by atoms with E-state index in [1.54, 1.807) is 14.2 Å². The molecule has 0 fully saturated rings. The lowest BCUT2D eigenvalue weighted by Gasteiger charge is -2.25. The maximum atomic E-state index is 5.29. The quantitative estimate of drug-likeness (QED) is 0.424. The molecule has 158 valence electrons. The van der Waals surface area contributed by atoms with Crippen LogP contribution >= 0.6 is 11.9 Å². The molecular formula is C24H29N3O2S. The number of hydrogen-bond donors (Lipinski definition) is 0. The second-order valence-electron chi connectivity index (χ2n) is 7.26. The molecule has 1 heterocycles. The minimum atomic E-state index is 0.374. The number of aromatic nitrogens is 2. The van der Waals surface area contributed by atoms with Crippen LogP contribution in [0.4, 0.5) is 0 Å². The van der Waals surface area contributed by atoms with Crippen molar-refractivity contribution in [3.63, 3.8) is 0 Å². The molecule has 1 aromatic heterocycles. The van der Waals surface area contributed by atoms with E-state index in [4.69, 9.17) is 9.47 Å². The van der Waals surface area contributed by atoms with Crippen molar-refractivity contribution in [3.8, 4) is 11.5 Å². The van der Waals surface area contributed by atoms with Gasteiger partial charge in [0.1, 0.15) is 11.5 Å². The van der Waals surface area contributed by atoms with E-state index >= 15 is 0 Å². The molecule has 3 aromatic rings. The number of methoxy groups -OCH3 is 2. The van der Waals surface area contributed by atoms with E-state index in [1.165, 1.54) is 11.1 Å². The number of rotatable bonds is 10. The van der Waals surface area contributed by atoms with Crippen molar-refractivity contribution < 1.29 is 9.47 Å². The van der Waals surface area contributed by atoms with Gasteiger partial charge in [0.2, 0.25) is 0 Å². The Morgan fingerprint density at radius 3 is 1.80 bits per heavy atom. The molecule has 0 radical (unpaired) electrons. The van der Waals surface area contributed by atoms with Gasteiger partial charge >= 0.3 is 0 Å². The summed E-state index contributed by atoms with van der Waals surface area (Å²) in [5, 5.41) is 0.374. The summed E-state index contributed by atoms with van der Waals surface area (Å²) in [6.45, 7) is 5.87. The fourth-order valence-corrected chi connectivity index (χ4v) is 4.31. The Labute approximate surface area is 183 Å². The molecule has 0 aliphatic heterocycles. The van der Waals surface area contributed by atoms with Crippen LogP contribution in [-0.4, -0.2) is 33.7 Å². The van der Waals surface area contributed by atoms with Crippen LogP contribution in [0.3, 0.4) is 0 Å². The van der Waals surface area contributed by atoms with E-state index in [0.717, 1.165) is 42.4 Å². The highest BCUT2D eigenvalue weighted by molar-refractivity contribution is 7.97. The smallest absolute Gasteiger partial charge is 0.118 e. The molecule has 30 heavy (non-hydrogen) atoms. The fraction of sp³-hybridized carbons (Fsp3) is 0.333. The van der Waals surface area contributed by atoms with Crippen molar-refractivity contribution in [2.75, 3.05) is 14.2 Å². The highest BCUT2D eigenvalue weighted by Crippen LogP contribution is 2.26. The lowest BCUT2D eigenvalue weighted by atomic mass is 10.2. The van der Waals surface area contributed by atoms with Crippen molar-refractivity contribution in [1.29, 1.82) is 0 Å². The molecule has 3 rings (SSSR count). The number of ether oxygens (including phenoxy) is 2. The molecule has 0 amide bonds. The number of hydrogen-bond acceptors (Lipinski definition) is 6. The molecule has 0 aliphatic rings. The zero-order chi connectivity index (χ0) is 21.3. The van der Waals surface area contributed by atoms with Gasteiger partial charge < -0.3 is 9.47 Å². The van der Waals surface area contributed by atoms with Crippen LogP contribution < -0.4 is 9.47 Å². The topological polar surface area (TPSA) is 47.5 Å². The summed E-state index contributed by atoms with van der Waals surface area (Å²) in [7, 11) is 3.38. The average Bonchev–Trinajstić information content (AvgIpc) is 2.76. The molecule has 1 atom stereocenters. The standard InChI is InChI=1S/C24H29N3O2S/c1-18-14-26-22(15-25-18)13-19(2)30-27(16-20-5-9-23(28-3)10-6-20)17-21-7-11-24(29-4)12-8-21/h5-12,14-15,19H,13,16-17H2,1-4H3. The predicted octanol–water partition coefficient (Wildman–Crippen LogP) is 5.08. The van der Waals surface area contributed by atoms with Crippen LogP contribution in [-0.2, 0) is 19.5 Å². The summed E-state index contributed by atoms with van der Waals surface area (Å²) in [5.41, 5.74) is 4.47. The van der Waals surface area contributed by atoms with E-state index < -0.39 is 0 Å². The number of benzene rings is 2. The van der Waals surface area contributed by atoms with E-state index in [2.05, 4.69) is 45.5 Å². The van der Waals surface area contributed by atoms with Gasteiger partial charge in [-0.15, -0.1) is 0 Å². The van der Waals surface area contributed by atoms with Crippen LogP contribution in [0.25, 0.3) is 0 Å². The summed E-state index contributed by atoms with van der Waals surface area (Å²) >= 11 is 1.86. The second-order valence-corrected chi connectivity index (χ2v) is 8.80. The molecule has 0 spiro atoms. The maximum Gasteiger partial charge on any atom is 0.118 e. The minimum Gasteiger partial charge on any atom is -0.497 e. The molecule has 0 bridgehead atoms. The fourth-order valence-electron chi connectivity index (χ4n) is 3.11. The summed E-state index contributed by atoms with van der Waals surface area (Å²) in [6.07, 6.45) is 4.59. The first kappa shape index (κ1) is 22.1. The molecule has 1 unspecified atom stereocenters. The Hall–Kier alpha value is -2.57. The van der Waals surface area contributed by atoms with Gasteiger partial charge in [0.15, 0.2) is 0 Å². The average molecular weight is 424 g/mol. The molecule has 6 heteroatoms. The Balaban J connectivity index is 1.70. The maximum absolute atomic E-state index is 5.29. The van der Waals surface area contributed by atoms with Gasteiger partial charge in [-0.2, -0.15) is 0 Å². The number of nitrogens with zero attached hydrogens (tertiary/aromatic N) is 3. The monoisotopic (exact) mass is 423 g/mol.